The first-order valence-corrected chi connectivity index (χ1v) is 9.57. The van der Waals surface area contributed by atoms with Crippen molar-refractivity contribution in [2.24, 2.45) is 5.73 Å². The van der Waals surface area contributed by atoms with Gasteiger partial charge in [-0.1, -0.05) is 0 Å². The Morgan fingerprint density at radius 1 is 1.17 bits per heavy atom. The average Bonchev–Trinajstić information content (AvgIpc) is 2.91. The smallest absolute Gasteiger partial charge is 0.253 e. The molecule has 3 rings (SSSR count). The molecule has 0 aliphatic rings. The van der Waals surface area contributed by atoms with Crippen molar-refractivity contribution < 1.29 is 9.18 Å². The number of allylic oxidation sites excluding steroid dienone is 1. The van der Waals surface area contributed by atoms with E-state index >= 15 is 0 Å². The van der Waals surface area contributed by atoms with E-state index in [1.807, 2.05) is 49.6 Å². The van der Waals surface area contributed by atoms with E-state index in [1.54, 1.807) is 25.1 Å². The summed E-state index contributed by atoms with van der Waals surface area (Å²) in [4.78, 5) is 18.5. The van der Waals surface area contributed by atoms with E-state index in [-0.39, 0.29) is 24.8 Å². The summed E-state index contributed by atoms with van der Waals surface area (Å²) in [5.41, 5.74) is 11.7. The molecule has 0 atom stereocenters. The van der Waals surface area contributed by atoms with Crippen LogP contribution in [0.2, 0.25) is 0 Å². The zero-order valence-electron chi connectivity index (χ0n) is 17.6. The van der Waals surface area contributed by atoms with Crippen LogP contribution in [-0.2, 0) is 6.54 Å². The van der Waals surface area contributed by atoms with Crippen LogP contribution < -0.4 is 5.73 Å². The first-order valence-electron chi connectivity index (χ1n) is 9.57. The summed E-state index contributed by atoms with van der Waals surface area (Å²) in [6, 6.07) is 9.61. The lowest BCUT2D eigenvalue weighted by molar-refractivity contribution is 0.0828. The summed E-state index contributed by atoms with van der Waals surface area (Å²) in [5, 5.41) is 0.917. The molecule has 1 amide bonds. The minimum absolute atomic E-state index is 0.0699. The average molecular weight is 394 g/mol. The van der Waals surface area contributed by atoms with E-state index < -0.39 is 0 Å². The van der Waals surface area contributed by atoms with Crippen molar-refractivity contribution in [3.63, 3.8) is 0 Å². The van der Waals surface area contributed by atoms with Crippen molar-refractivity contribution >= 4 is 16.8 Å². The van der Waals surface area contributed by atoms with Gasteiger partial charge in [-0.25, -0.2) is 4.39 Å². The van der Waals surface area contributed by atoms with Crippen LogP contribution in [0.5, 0.6) is 0 Å². The van der Waals surface area contributed by atoms with Gasteiger partial charge < -0.3 is 15.2 Å². The molecule has 0 unspecified atom stereocenters. The largest absolute Gasteiger partial charge is 0.345 e. The van der Waals surface area contributed by atoms with E-state index in [2.05, 4.69) is 4.98 Å². The van der Waals surface area contributed by atoms with Gasteiger partial charge in [0.05, 0.1) is 6.54 Å². The Kier molecular flexibility index (Phi) is 5.84. The highest BCUT2D eigenvalue weighted by Gasteiger charge is 2.19. The molecule has 0 bridgehead atoms. The lowest BCUT2D eigenvalue weighted by atomic mass is 10.00. The number of hydrogen-bond acceptors (Lipinski definition) is 3. The maximum Gasteiger partial charge on any atom is 0.253 e. The summed E-state index contributed by atoms with van der Waals surface area (Å²) in [5.74, 6) is -0.353. The normalized spacial score (nSPS) is 11.9. The van der Waals surface area contributed by atoms with Crippen LogP contribution in [0.4, 0.5) is 4.39 Å². The van der Waals surface area contributed by atoms with Crippen molar-refractivity contribution in [1.82, 2.24) is 14.5 Å². The van der Waals surface area contributed by atoms with Gasteiger partial charge in [0.25, 0.3) is 5.91 Å². The molecule has 0 saturated heterocycles. The lowest BCUT2D eigenvalue weighted by Gasteiger charge is -2.11. The van der Waals surface area contributed by atoms with Crippen LogP contribution in [-0.4, -0.2) is 41.0 Å². The fraction of sp³-hybridized carbons (Fsp3) is 0.304. The van der Waals surface area contributed by atoms with Crippen LogP contribution in [0.15, 0.2) is 42.2 Å². The van der Waals surface area contributed by atoms with Gasteiger partial charge >= 0.3 is 0 Å². The molecule has 2 aromatic heterocycles. The number of aromatic nitrogens is 2. The summed E-state index contributed by atoms with van der Waals surface area (Å²) in [7, 11) is 3.46. The molecule has 2 heterocycles. The molecule has 0 aliphatic carbocycles. The van der Waals surface area contributed by atoms with Gasteiger partial charge in [-0.3, -0.25) is 9.78 Å². The number of nitrogens with two attached hydrogens (primary N) is 1. The van der Waals surface area contributed by atoms with Gasteiger partial charge in [-0.2, -0.15) is 0 Å². The Balaban J connectivity index is 2.31. The number of aryl methyl sites for hydroxylation is 2. The molecule has 6 heteroatoms. The van der Waals surface area contributed by atoms with Gasteiger partial charge in [-0.05, 0) is 62.7 Å². The van der Waals surface area contributed by atoms with E-state index in [0.29, 0.717) is 5.56 Å². The minimum atomic E-state index is -0.283. The molecular weight excluding hydrogens is 367 g/mol. The SMILES string of the molecule is Cc1cc(-c2c(C)n(CC(F)=CCN)c3ccc(C(=O)N(C)C)cc23)cc(C)n1. The number of nitrogens with zero attached hydrogens (tertiary/aromatic N) is 3. The van der Waals surface area contributed by atoms with Crippen molar-refractivity contribution in [3.05, 3.63) is 64.9 Å². The lowest BCUT2D eigenvalue weighted by Crippen LogP contribution is -2.21. The highest BCUT2D eigenvalue weighted by Crippen LogP contribution is 2.36. The Morgan fingerprint density at radius 2 is 1.83 bits per heavy atom. The molecule has 1 aromatic carbocycles. The van der Waals surface area contributed by atoms with Crippen LogP contribution in [0.25, 0.3) is 22.0 Å². The second-order valence-electron chi connectivity index (χ2n) is 7.50. The zero-order valence-corrected chi connectivity index (χ0v) is 17.6. The van der Waals surface area contributed by atoms with Crippen LogP contribution in [0, 0.1) is 20.8 Å². The fourth-order valence-electron chi connectivity index (χ4n) is 3.76. The van der Waals surface area contributed by atoms with Crippen LogP contribution in [0.1, 0.15) is 27.4 Å². The Labute approximate surface area is 170 Å². The maximum atomic E-state index is 14.3. The highest BCUT2D eigenvalue weighted by atomic mass is 19.1. The highest BCUT2D eigenvalue weighted by molar-refractivity contribution is 6.04. The van der Waals surface area contributed by atoms with Gasteiger partial charge in [0.15, 0.2) is 0 Å². The molecule has 0 aliphatic heterocycles. The number of carbonyl (C=O) groups is 1. The number of halogens is 1. The first kappa shape index (κ1) is 20.7. The Bertz CT molecular complexity index is 1090. The van der Waals surface area contributed by atoms with Crippen molar-refractivity contribution in [1.29, 1.82) is 0 Å². The third-order valence-corrected chi connectivity index (χ3v) is 5.00. The van der Waals surface area contributed by atoms with Crippen molar-refractivity contribution in [2.45, 2.75) is 27.3 Å². The third-order valence-electron chi connectivity index (χ3n) is 5.00. The van der Waals surface area contributed by atoms with Crippen molar-refractivity contribution in [3.8, 4) is 11.1 Å². The zero-order chi connectivity index (χ0) is 21.3. The molecule has 0 saturated carbocycles. The number of hydrogen-bond donors (Lipinski definition) is 1. The van der Waals surface area contributed by atoms with Crippen LogP contribution >= 0.6 is 0 Å². The summed E-state index contributed by atoms with van der Waals surface area (Å²) < 4.78 is 16.3. The molecular formula is C23H27FN4O. The number of pyridine rings is 1. The molecule has 0 spiro atoms. The quantitative estimate of drug-likeness (QED) is 0.707. The van der Waals surface area contributed by atoms with Crippen molar-refractivity contribution in [2.75, 3.05) is 20.6 Å². The topological polar surface area (TPSA) is 64.2 Å². The fourth-order valence-corrected chi connectivity index (χ4v) is 3.76. The summed E-state index contributed by atoms with van der Waals surface area (Å²) in [6.07, 6.45) is 1.38. The third kappa shape index (κ3) is 4.07. The van der Waals surface area contributed by atoms with Gasteiger partial charge in [0.2, 0.25) is 0 Å². The summed E-state index contributed by atoms with van der Waals surface area (Å²) >= 11 is 0. The second kappa shape index (κ2) is 8.17. The van der Waals surface area contributed by atoms with E-state index in [4.69, 9.17) is 5.73 Å². The molecule has 3 aromatic rings. The minimum Gasteiger partial charge on any atom is -0.345 e. The first-order chi connectivity index (χ1) is 13.7. The monoisotopic (exact) mass is 394 g/mol. The Hall–Kier alpha value is -2.99. The molecule has 0 fully saturated rings. The number of amides is 1. The maximum absolute atomic E-state index is 14.3. The molecule has 29 heavy (non-hydrogen) atoms. The molecule has 0 radical (unpaired) electrons. The van der Waals surface area contributed by atoms with E-state index in [1.165, 1.54) is 6.08 Å². The van der Waals surface area contributed by atoms with Crippen LogP contribution in [0.3, 0.4) is 0 Å². The Morgan fingerprint density at radius 3 is 2.41 bits per heavy atom. The molecule has 152 valence electrons. The van der Waals surface area contributed by atoms with E-state index in [0.717, 1.165) is 39.1 Å². The van der Waals surface area contributed by atoms with E-state index in [9.17, 15) is 9.18 Å². The summed E-state index contributed by atoms with van der Waals surface area (Å²) in [6.45, 7) is 6.14. The number of carbonyl (C=O) groups excluding carboxylic acids is 1. The standard InChI is InChI=1S/C23H27FN4O/c1-14-10-18(11-15(2)26-14)22-16(3)28(13-19(24)8-9-25)21-7-6-17(12-20(21)22)23(29)27(4)5/h6-8,10-12H,9,13,25H2,1-5H3. The molecule has 2 N–H and O–H groups in total. The number of benzene rings is 1. The van der Waals surface area contributed by atoms with Gasteiger partial charge in [0.1, 0.15) is 5.83 Å². The molecule has 5 nitrogen and oxygen atoms in total. The predicted octanol–water partition coefficient (Wildman–Crippen LogP) is 4.14. The van der Waals surface area contributed by atoms with Gasteiger partial charge in [-0.15, -0.1) is 0 Å². The van der Waals surface area contributed by atoms with Gasteiger partial charge in [0, 0.05) is 59.8 Å². The number of fused-ring (bicyclic) bond motifs is 1. The predicted molar refractivity (Wildman–Crippen MR) is 116 cm³/mol. The second-order valence-corrected chi connectivity index (χ2v) is 7.50. The number of rotatable bonds is 5.